The highest BCUT2D eigenvalue weighted by molar-refractivity contribution is 7.19. The van der Waals surface area contributed by atoms with E-state index in [0.29, 0.717) is 47.3 Å². The normalized spacial score (nSPS) is 20.4. The van der Waals surface area contributed by atoms with Crippen molar-refractivity contribution in [2.75, 3.05) is 13.2 Å². The van der Waals surface area contributed by atoms with Gasteiger partial charge in [0.2, 0.25) is 0 Å². The molecule has 0 bridgehead atoms. The van der Waals surface area contributed by atoms with E-state index in [9.17, 15) is 4.79 Å². The third-order valence-electron chi connectivity index (χ3n) is 4.95. The van der Waals surface area contributed by atoms with Crippen molar-refractivity contribution in [3.05, 3.63) is 21.1 Å². The van der Waals surface area contributed by atoms with Crippen LogP contribution in [0.3, 0.4) is 0 Å². The maximum absolute atomic E-state index is 11.1. The Morgan fingerprint density at radius 3 is 2.68 bits per heavy atom. The number of hydrogen-bond acceptors (Lipinski definition) is 5. The minimum absolute atomic E-state index is 0.211. The summed E-state index contributed by atoms with van der Waals surface area (Å²) in [5, 5.41) is 2.10. The van der Waals surface area contributed by atoms with Gasteiger partial charge in [0.15, 0.2) is 5.75 Å². The van der Waals surface area contributed by atoms with Crippen molar-refractivity contribution in [1.29, 1.82) is 0 Å². The molecular formula is C21H27Cl2NO3S. The van der Waals surface area contributed by atoms with Gasteiger partial charge >= 0.3 is 0 Å². The van der Waals surface area contributed by atoms with Crippen LogP contribution >= 0.6 is 34.5 Å². The van der Waals surface area contributed by atoms with E-state index in [-0.39, 0.29) is 17.8 Å². The molecule has 1 aliphatic carbocycles. The summed E-state index contributed by atoms with van der Waals surface area (Å²) in [5.41, 5.74) is 0.827. The molecule has 1 fully saturated rings. The summed E-state index contributed by atoms with van der Waals surface area (Å²) in [6.45, 7) is 9.10. The second-order valence-corrected chi connectivity index (χ2v) is 9.99. The van der Waals surface area contributed by atoms with Gasteiger partial charge < -0.3 is 14.3 Å². The fraction of sp³-hybridized carbons (Fsp3) is 0.619. The summed E-state index contributed by atoms with van der Waals surface area (Å²) < 4.78 is 12.8. The fourth-order valence-corrected chi connectivity index (χ4v) is 5.02. The van der Waals surface area contributed by atoms with Gasteiger partial charge in [0.1, 0.15) is 10.8 Å². The van der Waals surface area contributed by atoms with Crippen LogP contribution in [0.25, 0.3) is 10.2 Å². The Labute approximate surface area is 180 Å². The number of ketones is 1. The van der Waals surface area contributed by atoms with Gasteiger partial charge in [-0.1, -0.05) is 44.0 Å². The average molecular weight is 444 g/mol. The van der Waals surface area contributed by atoms with E-state index in [1.54, 1.807) is 18.3 Å². The fourth-order valence-electron chi connectivity index (χ4n) is 3.37. The van der Waals surface area contributed by atoms with Crippen LogP contribution in [-0.2, 0) is 9.53 Å². The molecule has 1 heterocycles. The Morgan fingerprint density at radius 2 is 2.04 bits per heavy atom. The summed E-state index contributed by atoms with van der Waals surface area (Å²) in [4.78, 5) is 15.7. The quantitative estimate of drug-likeness (QED) is 0.442. The number of carbonyl (C=O) groups excluding carboxylic acids is 1. The monoisotopic (exact) mass is 443 g/mol. The maximum Gasteiger partial charge on any atom is 0.158 e. The lowest BCUT2D eigenvalue weighted by Gasteiger charge is -2.35. The van der Waals surface area contributed by atoms with Gasteiger partial charge in [0, 0.05) is 18.9 Å². The number of halogens is 2. The highest BCUT2D eigenvalue weighted by Gasteiger charge is 2.31. The molecule has 1 atom stereocenters. The molecule has 154 valence electrons. The van der Waals surface area contributed by atoms with Gasteiger partial charge in [-0.05, 0) is 37.7 Å². The number of Topliss-reactive ketones (excluding diaryl/α,β-unsaturated/α-hetero) is 1. The second kappa shape index (κ2) is 9.29. The molecule has 4 nitrogen and oxygen atoms in total. The molecule has 0 saturated heterocycles. The Hall–Kier alpha value is -0.880. The van der Waals surface area contributed by atoms with Crippen LogP contribution in [0.2, 0.25) is 10.0 Å². The van der Waals surface area contributed by atoms with E-state index >= 15 is 0 Å². The van der Waals surface area contributed by atoms with Crippen LogP contribution < -0.4 is 4.74 Å². The maximum atomic E-state index is 11.1. The second-order valence-electron chi connectivity index (χ2n) is 8.17. The van der Waals surface area contributed by atoms with Gasteiger partial charge in [-0.15, -0.1) is 11.3 Å². The number of fused-ring (bicyclic) bond motifs is 1. The van der Waals surface area contributed by atoms with Crippen LogP contribution in [0, 0.1) is 11.8 Å². The van der Waals surface area contributed by atoms with Gasteiger partial charge in [-0.3, -0.25) is 0 Å². The van der Waals surface area contributed by atoms with E-state index < -0.39 is 0 Å². The lowest BCUT2D eigenvalue weighted by Crippen LogP contribution is -2.36. The Morgan fingerprint density at radius 1 is 1.32 bits per heavy atom. The molecule has 1 saturated carbocycles. The first-order valence-corrected chi connectivity index (χ1v) is 11.3. The molecule has 1 aromatic heterocycles. The molecule has 0 radical (unpaired) electrons. The number of ether oxygens (including phenoxy) is 2. The summed E-state index contributed by atoms with van der Waals surface area (Å²) in [5.74, 6) is 1.81. The van der Waals surface area contributed by atoms with Crippen molar-refractivity contribution in [3.8, 4) is 5.75 Å². The smallest absolute Gasteiger partial charge is 0.158 e. The van der Waals surface area contributed by atoms with E-state index in [1.807, 2.05) is 13.0 Å². The number of benzene rings is 1. The predicted octanol–water partition coefficient (Wildman–Crippen LogP) is 6.52. The highest BCUT2D eigenvalue weighted by Crippen LogP contribution is 2.43. The molecule has 0 N–H and O–H groups in total. The van der Waals surface area contributed by atoms with Crippen LogP contribution in [0.15, 0.2) is 6.07 Å². The largest absolute Gasteiger partial charge is 0.490 e. The SMILES string of the molecule is CC(=O)C[C@@H](C)COC1CC(COc2c(Cl)cc3nc(C(C)C)sc3c2Cl)C1. The molecule has 0 amide bonds. The number of hydrogen-bond donors (Lipinski definition) is 0. The molecule has 0 spiro atoms. The highest BCUT2D eigenvalue weighted by atomic mass is 35.5. The number of carbonyl (C=O) groups is 1. The molecule has 1 aliphatic rings. The van der Waals surface area contributed by atoms with Crippen molar-refractivity contribution in [3.63, 3.8) is 0 Å². The Bertz CT molecular complexity index is 846. The number of thiazole rings is 1. The summed E-state index contributed by atoms with van der Waals surface area (Å²) in [7, 11) is 0. The van der Waals surface area contributed by atoms with Gasteiger partial charge in [0.25, 0.3) is 0 Å². The molecule has 2 aromatic rings. The Kier molecular flexibility index (Phi) is 7.24. The Balaban J connectivity index is 1.52. The summed E-state index contributed by atoms with van der Waals surface area (Å²) in [6.07, 6.45) is 2.76. The van der Waals surface area contributed by atoms with Crippen molar-refractivity contribution in [1.82, 2.24) is 4.98 Å². The van der Waals surface area contributed by atoms with Crippen LogP contribution in [0.1, 0.15) is 57.9 Å². The average Bonchev–Trinajstić information content (AvgIpc) is 2.99. The zero-order chi connectivity index (χ0) is 20.4. The zero-order valence-electron chi connectivity index (χ0n) is 16.8. The van der Waals surface area contributed by atoms with Crippen LogP contribution in [0.4, 0.5) is 0 Å². The van der Waals surface area contributed by atoms with E-state index in [0.717, 1.165) is 28.1 Å². The molecule has 7 heteroatoms. The van der Waals surface area contributed by atoms with Gasteiger partial charge in [0.05, 0.1) is 33.0 Å². The van der Waals surface area contributed by atoms with Gasteiger partial charge in [-0.25, -0.2) is 4.98 Å². The molecule has 3 rings (SSSR count). The number of rotatable bonds is 9. The van der Waals surface area contributed by atoms with E-state index in [4.69, 9.17) is 32.7 Å². The van der Waals surface area contributed by atoms with Crippen molar-refractivity contribution in [2.24, 2.45) is 11.8 Å². The summed E-state index contributed by atoms with van der Waals surface area (Å²) in [6, 6.07) is 1.84. The molecule has 0 aliphatic heterocycles. The minimum Gasteiger partial charge on any atom is -0.490 e. The standard InChI is InChI=1S/C21H27Cl2NO3S/c1-11(2)21-24-17-8-16(22)19(18(23)20(17)28-21)27-10-14-6-15(7-14)26-9-12(3)5-13(4)25/h8,11-12,14-15H,5-7,9-10H2,1-4H3/t12-,14?,15?/m1/s1. The van der Waals surface area contributed by atoms with E-state index in [1.165, 1.54) is 0 Å². The lowest BCUT2D eigenvalue weighted by atomic mass is 9.83. The third-order valence-corrected chi connectivity index (χ3v) is 7.09. The lowest BCUT2D eigenvalue weighted by molar-refractivity contribution is -0.119. The van der Waals surface area contributed by atoms with E-state index in [2.05, 4.69) is 18.8 Å². The molecular weight excluding hydrogens is 417 g/mol. The van der Waals surface area contributed by atoms with Crippen LogP contribution in [-0.4, -0.2) is 30.1 Å². The third kappa shape index (κ3) is 5.18. The molecule has 28 heavy (non-hydrogen) atoms. The molecule has 0 unspecified atom stereocenters. The first-order valence-electron chi connectivity index (χ1n) is 9.76. The van der Waals surface area contributed by atoms with Crippen molar-refractivity contribution >= 4 is 50.5 Å². The van der Waals surface area contributed by atoms with Gasteiger partial charge in [-0.2, -0.15) is 0 Å². The number of nitrogens with zero attached hydrogens (tertiary/aromatic N) is 1. The number of aromatic nitrogens is 1. The summed E-state index contributed by atoms with van der Waals surface area (Å²) >= 11 is 14.6. The topological polar surface area (TPSA) is 48.4 Å². The zero-order valence-corrected chi connectivity index (χ0v) is 19.1. The first-order chi connectivity index (χ1) is 13.2. The molecule has 1 aromatic carbocycles. The first kappa shape index (κ1) is 21.8. The van der Waals surface area contributed by atoms with Crippen molar-refractivity contribution in [2.45, 2.75) is 59.0 Å². The van der Waals surface area contributed by atoms with Crippen LogP contribution in [0.5, 0.6) is 5.75 Å². The minimum atomic E-state index is 0.211. The van der Waals surface area contributed by atoms with Crippen molar-refractivity contribution < 1.29 is 14.3 Å². The predicted molar refractivity (Wildman–Crippen MR) is 116 cm³/mol.